The van der Waals surface area contributed by atoms with Crippen LogP contribution in [0.5, 0.6) is 0 Å². The van der Waals surface area contributed by atoms with Crippen LogP contribution in [0.1, 0.15) is 39.9 Å². The van der Waals surface area contributed by atoms with Crippen LogP contribution in [0, 0.1) is 0 Å². The van der Waals surface area contributed by atoms with E-state index < -0.39 is 27.5 Å². The summed E-state index contributed by atoms with van der Waals surface area (Å²) < 4.78 is 68.7. The number of sulfone groups is 1. The fraction of sp³-hybridized carbons (Fsp3) is 0.321. The summed E-state index contributed by atoms with van der Waals surface area (Å²) in [5.41, 5.74) is -1.17. The van der Waals surface area contributed by atoms with E-state index >= 15 is 0 Å². The summed E-state index contributed by atoms with van der Waals surface area (Å²) in [7, 11) is -2.13. The van der Waals surface area contributed by atoms with Gasteiger partial charge in [0, 0.05) is 41.3 Å². The highest BCUT2D eigenvalue weighted by molar-refractivity contribution is 7.91. The van der Waals surface area contributed by atoms with Gasteiger partial charge in [-0.25, -0.2) is 8.42 Å². The molecule has 3 aromatic rings. The Morgan fingerprint density at radius 3 is 2.48 bits per heavy atom. The van der Waals surface area contributed by atoms with E-state index in [1.807, 2.05) is 11.9 Å². The van der Waals surface area contributed by atoms with Crippen LogP contribution in [0.3, 0.4) is 0 Å². The van der Waals surface area contributed by atoms with E-state index in [9.17, 15) is 26.4 Å². The van der Waals surface area contributed by atoms with Crippen LogP contribution in [0.25, 0.3) is 0 Å². The predicted octanol–water partition coefficient (Wildman–Crippen LogP) is 5.96. The zero-order valence-corrected chi connectivity index (χ0v) is 23.9. The van der Waals surface area contributed by atoms with Crippen molar-refractivity contribution in [2.75, 3.05) is 20.1 Å². The molecule has 1 saturated heterocycles. The summed E-state index contributed by atoms with van der Waals surface area (Å²) in [4.78, 5) is 14.9. The Morgan fingerprint density at radius 1 is 1.07 bits per heavy atom. The van der Waals surface area contributed by atoms with E-state index in [1.165, 1.54) is 36.4 Å². The molecule has 1 amide bonds. The van der Waals surface area contributed by atoms with Crippen LogP contribution in [-0.4, -0.2) is 45.4 Å². The molecule has 0 bridgehead atoms. The van der Waals surface area contributed by atoms with Gasteiger partial charge in [-0.3, -0.25) is 9.69 Å². The predicted molar refractivity (Wildman–Crippen MR) is 148 cm³/mol. The maximum Gasteiger partial charge on any atom is 0.416 e. The number of carbonyl (C=O) groups excluding carboxylic acids is 1. The van der Waals surface area contributed by atoms with Crippen LogP contribution in [-0.2, 0) is 29.1 Å². The molecule has 1 fully saturated rings. The van der Waals surface area contributed by atoms with Crippen molar-refractivity contribution in [1.29, 1.82) is 0 Å². The molecule has 0 aliphatic carbocycles. The molecule has 0 radical (unpaired) electrons. The van der Waals surface area contributed by atoms with Gasteiger partial charge in [-0.1, -0.05) is 41.4 Å². The Balaban J connectivity index is 1.59. The second kappa shape index (κ2) is 12.5. The molecule has 40 heavy (non-hydrogen) atoms. The van der Waals surface area contributed by atoms with E-state index in [4.69, 9.17) is 23.2 Å². The van der Waals surface area contributed by atoms with E-state index in [0.717, 1.165) is 18.9 Å². The number of nitrogens with one attached hydrogen (secondary N) is 2. The lowest BCUT2D eigenvalue weighted by molar-refractivity contribution is -0.138. The molecule has 6 nitrogen and oxygen atoms in total. The number of alkyl halides is 3. The first-order chi connectivity index (χ1) is 18.9. The number of nitrogens with zero attached hydrogens (tertiary/aromatic N) is 1. The first-order valence-corrected chi connectivity index (χ1v) is 14.8. The number of carbonyl (C=O) groups is 1. The third kappa shape index (κ3) is 6.98. The van der Waals surface area contributed by atoms with Gasteiger partial charge >= 0.3 is 6.18 Å². The quantitative estimate of drug-likeness (QED) is 0.328. The summed E-state index contributed by atoms with van der Waals surface area (Å²) in [6.45, 7) is 0.930. The molecule has 1 aliphatic rings. The summed E-state index contributed by atoms with van der Waals surface area (Å²) in [5, 5.41) is 5.75. The summed E-state index contributed by atoms with van der Waals surface area (Å²) in [6.07, 6.45) is -2.96. The molecule has 214 valence electrons. The minimum Gasteiger partial charge on any atom is -0.348 e. The van der Waals surface area contributed by atoms with Gasteiger partial charge in [0.1, 0.15) is 0 Å². The highest BCUT2D eigenvalue weighted by Crippen LogP contribution is 2.37. The van der Waals surface area contributed by atoms with Gasteiger partial charge in [-0.2, -0.15) is 13.2 Å². The number of piperidine rings is 1. The number of halogens is 5. The monoisotopic (exact) mass is 613 g/mol. The second-order valence-electron chi connectivity index (χ2n) is 9.60. The third-order valence-electron chi connectivity index (χ3n) is 6.86. The van der Waals surface area contributed by atoms with Crippen molar-refractivity contribution in [2.24, 2.45) is 0 Å². The Morgan fingerprint density at radius 2 is 1.80 bits per heavy atom. The molecule has 1 heterocycles. The lowest BCUT2D eigenvalue weighted by Gasteiger charge is -2.33. The van der Waals surface area contributed by atoms with E-state index in [1.54, 1.807) is 18.2 Å². The minimum absolute atomic E-state index is 0.00300. The zero-order chi connectivity index (χ0) is 29.1. The minimum atomic E-state index is -4.74. The van der Waals surface area contributed by atoms with Crippen molar-refractivity contribution < 1.29 is 26.4 Å². The normalized spacial score (nSPS) is 16.6. The molecule has 12 heteroatoms. The van der Waals surface area contributed by atoms with Crippen molar-refractivity contribution in [3.8, 4) is 0 Å². The standard InChI is InChI=1S/C28H28Cl2F3N3O3S/c1-34-21-6-5-11-36(16-21)17-23-24(28(31,32)33)13-18(14-25(23)30)27(37)35-15-19-12-20(29)9-10-26(19)40(38,39)22-7-3-2-4-8-22/h2-4,7-10,12-14,21,34H,5-6,11,15-17H2,1H3,(H,35,37)/t21-/m0/s1. The van der Waals surface area contributed by atoms with Crippen LogP contribution in [0.15, 0.2) is 70.5 Å². The second-order valence-corrected chi connectivity index (χ2v) is 12.4. The third-order valence-corrected chi connectivity index (χ3v) is 9.31. The first-order valence-electron chi connectivity index (χ1n) is 12.6. The van der Waals surface area contributed by atoms with Gasteiger partial charge in [0.2, 0.25) is 9.84 Å². The van der Waals surface area contributed by atoms with Gasteiger partial charge in [0.15, 0.2) is 0 Å². The highest BCUT2D eigenvalue weighted by Gasteiger charge is 2.36. The Labute approximate surface area is 241 Å². The van der Waals surface area contributed by atoms with Crippen molar-refractivity contribution in [2.45, 2.75) is 47.9 Å². The fourth-order valence-corrected chi connectivity index (χ4v) is 6.76. The van der Waals surface area contributed by atoms with Gasteiger partial charge in [0.25, 0.3) is 5.91 Å². The number of hydrogen-bond acceptors (Lipinski definition) is 5. The summed E-state index contributed by atoms with van der Waals surface area (Å²) >= 11 is 12.4. The SMILES string of the molecule is CN[C@H]1CCCN(Cc2c(Cl)cc(C(=O)NCc3cc(Cl)ccc3S(=O)(=O)c3ccccc3)cc2C(F)(F)F)C1. The molecule has 4 rings (SSSR count). The molecule has 2 N–H and O–H groups in total. The smallest absolute Gasteiger partial charge is 0.348 e. The largest absolute Gasteiger partial charge is 0.416 e. The van der Waals surface area contributed by atoms with Gasteiger partial charge in [-0.15, -0.1) is 0 Å². The Kier molecular flexibility index (Phi) is 9.47. The molecule has 0 unspecified atom stereocenters. The lowest BCUT2D eigenvalue weighted by atomic mass is 10.00. The van der Waals surface area contributed by atoms with Crippen molar-refractivity contribution >= 4 is 38.9 Å². The first kappa shape index (κ1) is 30.3. The Hall–Kier alpha value is -2.63. The lowest BCUT2D eigenvalue weighted by Crippen LogP contribution is -2.44. The number of likely N-dealkylation sites (N-methyl/N-ethyl adjacent to an activating group) is 1. The summed E-state index contributed by atoms with van der Waals surface area (Å²) in [6, 6.07) is 14.0. The molecule has 1 atom stereocenters. The van der Waals surface area contributed by atoms with Crippen molar-refractivity contribution in [3.05, 3.63) is 93.0 Å². The fourth-order valence-electron chi connectivity index (χ4n) is 4.79. The van der Waals surface area contributed by atoms with Gasteiger partial charge < -0.3 is 10.6 Å². The number of likely N-dealkylation sites (tertiary alicyclic amines) is 1. The average Bonchev–Trinajstić information content (AvgIpc) is 2.92. The van der Waals surface area contributed by atoms with Gasteiger partial charge in [0.05, 0.1) is 15.4 Å². The number of hydrogen-bond donors (Lipinski definition) is 2. The molecular weight excluding hydrogens is 586 g/mol. The van der Waals surface area contributed by atoms with Crippen LogP contribution in [0.2, 0.25) is 10.0 Å². The number of rotatable bonds is 8. The van der Waals surface area contributed by atoms with Crippen molar-refractivity contribution in [3.63, 3.8) is 0 Å². The van der Waals surface area contributed by atoms with E-state index in [0.29, 0.717) is 13.1 Å². The number of benzene rings is 3. The molecule has 0 aromatic heterocycles. The molecule has 1 aliphatic heterocycles. The van der Waals surface area contributed by atoms with E-state index in [-0.39, 0.29) is 55.7 Å². The maximum atomic E-state index is 14.1. The summed E-state index contributed by atoms with van der Waals surface area (Å²) in [5.74, 6) is -0.838. The van der Waals surface area contributed by atoms with Crippen LogP contribution < -0.4 is 10.6 Å². The zero-order valence-electron chi connectivity index (χ0n) is 21.6. The molecule has 0 spiro atoms. The van der Waals surface area contributed by atoms with Crippen LogP contribution >= 0.6 is 23.2 Å². The van der Waals surface area contributed by atoms with Crippen LogP contribution in [0.4, 0.5) is 13.2 Å². The average molecular weight is 615 g/mol. The molecule has 0 saturated carbocycles. The Bertz CT molecular complexity index is 1490. The van der Waals surface area contributed by atoms with Crippen molar-refractivity contribution in [1.82, 2.24) is 15.5 Å². The maximum absolute atomic E-state index is 14.1. The highest BCUT2D eigenvalue weighted by atomic mass is 35.5. The van der Waals surface area contributed by atoms with Gasteiger partial charge in [-0.05, 0) is 80.0 Å². The molecule has 3 aromatic carbocycles. The van der Waals surface area contributed by atoms with E-state index in [2.05, 4.69) is 10.6 Å². The number of amides is 1. The topological polar surface area (TPSA) is 78.5 Å². The molecular formula is C28H28Cl2F3N3O3S.